The molecule has 0 saturated carbocycles. The molecule has 100 valence electrons. The van der Waals surface area contributed by atoms with Crippen LogP contribution < -0.4 is 10.5 Å². The number of rotatable bonds is 3. The van der Waals surface area contributed by atoms with Gasteiger partial charge in [-0.3, -0.25) is 4.72 Å². The second-order valence-electron chi connectivity index (χ2n) is 3.77. The lowest BCUT2D eigenvalue weighted by molar-refractivity contribution is 0.601. The van der Waals surface area contributed by atoms with Crippen LogP contribution in [0, 0.1) is 5.82 Å². The first-order valence-electron chi connectivity index (χ1n) is 5.22. The van der Waals surface area contributed by atoms with Crippen molar-refractivity contribution in [1.82, 2.24) is 0 Å². The highest BCUT2D eigenvalue weighted by Gasteiger charge is 2.18. The first kappa shape index (κ1) is 13.6. The Kier molecular flexibility index (Phi) is 3.64. The molecule has 0 aromatic heterocycles. The van der Waals surface area contributed by atoms with Crippen LogP contribution in [0.25, 0.3) is 0 Å². The number of nitrogens with two attached hydrogens (primary N) is 1. The molecule has 0 fully saturated rings. The summed E-state index contributed by atoms with van der Waals surface area (Å²) in [7, 11) is -3.91. The van der Waals surface area contributed by atoms with Crippen molar-refractivity contribution in [3.63, 3.8) is 0 Å². The van der Waals surface area contributed by atoms with Gasteiger partial charge in [-0.25, -0.2) is 12.8 Å². The Hall–Kier alpha value is -1.79. The summed E-state index contributed by atoms with van der Waals surface area (Å²) in [6, 6.07) is 9.37. The van der Waals surface area contributed by atoms with E-state index in [2.05, 4.69) is 4.72 Å². The zero-order valence-electron chi connectivity index (χ0n) is 9.60. The maximum atomic E-state index is 13.1. The molecule has 0 saturated heterocycles. The number of nitrogens with one attached hydrogen (secondary N) is 1. The van der Waals surface area contributed by atoms with Gasteiger partial charge in [0.25, 0.3) is 10.0 Å². The monoisotopic (exact) mass is 300 g/mol. The lowest BCUT2D eigenvalue weighted by atomic mass is 10.3. The second kappa shape index (κ2) is 5.07. The predicted molar refractivity (Wildman–Crippen MR) is 73.1 cm³/mol. The Balaban J connectivity index is 2.43. The van der Waals surface area contributed by atoms with E-state index >= 15 is 0 Å². The van der Waals surface area contributed by atoms with E-state index in [1.54, 1.807) is 6.07 Å². The van der Waals surface area contributed by atoms with Crippen molar-refractivity contribution >= 4 is 33.0 Å². The van der Waals surface area contributed by atoms with E-state index < -0.39 is 15.8 Å². The summed E-state index contributed by atoms with van der Waals surface area (Å²) < 4.78 is 39.5. The van der Waals surface area contributed by atoms with Crippen molar-refractivity contribution in [1.29, 1.82) is 0 Å². The van der Waals surface area contributed by atoms with Crippen molar-refractivity contribution in [3.05, 3.63) is 53.3 Å². The fourth-order valence-electron chi connectivity index (χ4n) is 1.48. The van der Waals surface area contributed by atoms with Crippen LogP contribution in [0.5, 0.6) is 0 Å². The summed E-state index contributed by atoms with van der Waals surface area (Å²) in [5.74, 6) is -0.592. The molecule has 0 unspecified atom stereocenters. The van der Waals surface area contributed by atoms with Crippen molar-refractivity contribution in [2.24, 2.45) is 0 Å². The van der Waals surface area contributed by atoms with E-state index in [1.165, 1.54) is 24.3 Å². The summed E-state index contributed by atoms with van der Waals surface area (Å²) in [5.41, 5.74) is 5.68. The van der Waals surface area contributed by atoms with E-state index in [0.29, 0.717) is 0 Å². The van der Waals surface area contributed by atoms with Gasteiger partial charge >= 0.3 is 0 Å². The van der Waals surface area contributed by atoms with Crippen LogP contribution in [0.2, 0.25) is 5.02 Å². The van der Waals surface area contributed by atoms with Crippen molar-refractivity contribution < 1.29 is 12.8 Å². The van der Waals surface area contributed by atoms with Gasteiger partial charge in [-0.15, -0.1) is 0 Å². The van der Waals surface area contributed by atoms with Gasteiger partial charge in [0.1, 0.15) is 10.7 Å². The van der Waals surface area contributed by atoms with Crippen LogP contribution in [0.1, 0.15) is 0 Å². The average molecular weight is 301 g/mol. The molecular formula is C12H10ClFN2O2S. The highest BCUT2D eigenvalue weighted by atomic mass is 35.5. The summed E-state index contributed by atoms with van der Waals surface area (Å²) in [6.07, 6.45) is 0. The lowest BCUT2D eigenvalue weighted by Crippen LogP contribution is -2.14. The molecule has 0 aliphatic carbocycles. The van der Waals surface area contributed by atoms with Gasteiger partial charge in [-0.05, 0) is 24.3 Å². The SMILES string of the molecule is Nc1ccc(F)cc1NS(=O)(=O)c1ccccc1Cl. The fourth-order valence-corrected chi connectivity index (χ4v) is 3.08. The smallest absolute Gasteiger partial charge is 0.263 e. The summed E-state index contributed by atoms with van der Waals surface area (Å²) in [5, 5.41) is 0.0741. The zero-order chi connectivity index (χ0) is 14.0. The van der Waals surface area contributed by atoms with Crippen LogP contribution in [-0.2, 0) is 10.0 Å². The number of anilines is 2. The first-order chi connectivity index (χ1) is 8.90. The molecule has 0 radical (unpaired) electrons. The van der Waals surface area contributed by atoms with Gasteiger partial charge in [0.05, 0.1) is 16.4 Å². The van der Waals surface area contributed by atoms with Crippen molar-refractivity contribution in [2.45, 2.75) is 4.90 Å². The Labute approximate surface area is 115 Å². The number of benzene rings is 2. The molecule has 2 aromatic rings. The molecule has 0 atom stereocenters. The van der Waals surface area contributed by atoms with Gasteiger partial charge in [-0.2, -0.15) is 0 Å². The van der Waals surface area contributed by atoms with E-state index in [-0.39, 0.29) is 21.3 Å². The van der Waals surface area contributed by atoms with E-state index in [9.17, 15) is 12.8 Å². The maximum absolute atomic E-state index is 13.1. The van der Waals surface area contributed by atoms with E-state index in [4.69, 9.17) is 17.3 Å². The zero-order valence-corrected chi connectivity index (χ0v) is 11.2. The van der Waals surface area contributed by atoms with Crippen molar-refractivity contribution in [2.75, 3.05) is 10.5 Å². The van der Waals surface area contributed by atoms with Crippen LogP contribution in [0.15, 0.2) is 47.4 Å². The third-order valence-electron chi connectivity index (χ3n) is 2.39. The molecule has 7 heteroatoms. The molecule has 0 amide bonds. The summed E-state index contributed by atoms with van der Waals surface area (Å²) in [6.45, 7) is 0. The largest absolute Gasteiger partial charge is 0.397 e. The van der Waals surface area contributed by atoms with Crippen molar-refractivity contribution in [3.8, 4) is 0 Å². The molecular weight excluding hydrogens is 291 g/mol. The normalized spacial score (nSPS) is 11.3. The second-order valence-corrected chi connectivity index (χ2v) is 5.83. The quantitative estimate of drug-likeness (QED) is 0.856. The first-order valence-corrected chi connectivity index (χ1v) is 7.08. The standard InChI is InChI=1S/C12H10ClFN2O2S/c13-9-3-1-2-4-12(9)19(17,18)16-11-7-8(14)5-6-10(11)15/h1-7,16H,15H2. The fraction of sp³-hybridized carbons (Fsp3) is 0. The lowest BCUT2D eigenvalue weighted by Gasteiger charge is -2.11. The van der Waals surface area contributed by atoms with Gasteiger partial charge in [-0.1, -0.05) is 23.7 Å². The number of halogens is 2. The van der Waals surface area contributed by atoms with Gasteiger partial charge in [0.2, 0.25) is 0 Å². The molecule has 0 spiro atoms. The Morgan fingerprint density at radius 1 is 1.16 bits per heavy atom. The Morgan fingerprint density at radius 2 is 1.84 bits per heavy atom. The van der Waals surface area contributed by atoms with E-state index in [0.717, 1.165) is 12.1 Å². The average Bonchev–Trinajstić information content (AvgIpc) is 2.34. The number of hydrogen-bond donors (Lipinski definition) is 2. The minimum Gasteiger partial charge on any atom is -0.397 e. The molecule has 4 nitrogen and oxygen atoms in total. The topological polar surface area (TPSA) is 72.2 Å². The number of sulfonamides is 1. The predicted octanol–water partition coefficient (Wildman–Crippen LogP) is 2.86. The third kappa shape index (κ3) is 2.97. The molecule has 2 rings (SSSR count). The number of nitrogen functional groups attached to an aromatic ring is 1. The maximum Gasteiger partial charge on any atom is 0.263 e. The minimum atomic E-state index is -3.91. The van der Waals surface area contributed by atoms with Gasteiger partial charge in [0, 0.05) is 6.07 Å². The molecule has 0 aliphatic rings. The highest BCUT2D eigenvalue weighted by molar-refractivity contribution is 7.92. The van der Waals surface area contributed by atoms with E-state index in [1.807, 2.05) is 0 Å². The summed E-state index contributed by atoms with van der Waals surface area (Å²) in [4.78, 5) is -0.0969. The summed E-state index contributed by atoms with van der Waals surface area (Å²) >= 11 is 5.82. The van der Waals surface area contributed by atoms with Crippen LogP contribution >= 0.6 is 11.6 Å². The highest BCUT2D eigenvalue weighted by Crippen LogP contribution is 2.26. The third-order valence-corrected chi connectivity index (χ3v) is 4.25. The van der Waals surface area contributed by atoms with Gasteiger partial charge < -0.3 is 5.73 Å². The van der Waals surface area contributed by atoms with Crippen LogP contribution in [0.4, 0.5) is 15.8 Å². The molecule has 0 aliphatic heterocycles. The Morgan fingerprint density at radius 3 is 2.53 bits per heavy atom. The Bertz CT molecular complexity index is 719. The van der Waals surface area contributed by atoms with Crippen LogP contribution in [-0.4, -0.2) is 8.42 Å². The minimum absolute atomic E-state index is 0.0279. The molecule has 0 bridgehead atoms. The molecule has 2 aromatic carbocycles. The molecule has 19 heavy (non-hydrogen) atoms. The van der Waals surface area contributed by atoms with Crippen LogP contribution in [0.3, 0.4) is 0 Å². The molecule has 3 N–H and O–H groups in total. The van der Waals surface area contributed by atoms with Gasteiger partial charge in [0.15, 0.2) is 0 Å². The number of hydrogen-bond acceptors (Lipinski definition) is 3. The molecule has 0 heterocycles.